The summed E-state index contributed by atoms with van der Waals surface area (Å²) in [7, 11) is 1.77. The van der Waals surface area contributed by atoms with Crippen molar-refractivity contribution in [3.05, 3.63) is 23.9 Å². The highest BCUT2D eigenvalue weighted by atomic mass is 127. The van der Waals surface area contributed by atoms with Gasteiger partial charge in [-0.05, 0) is 32.3 Å². The minimum absolute atomic E-state index is 0. The van der Waals surface area contributed by atoms with E-state index in [0.717, 1.165) is 37.5 Å². The summed E-state index contributed by atoms with van der Waals surface area (Å²) < 4.78 is 11.1. The zero-order chi connectivity index (χ0) is 15.8. The molecule has 1 aromatic heterocycles. The molecule has 0 saturated carbocycles. The molecule has 2 heterocycles. The minimum Gasteiger partial charge on any atom is -0.475 e. The number of halogens is 1. The molecule has 7 heteroatoms. The lowest BCUT2D eigenvalue weighted by molar-refractivity contribution is 0.114. The van der Waals surface area contributed by atoms with Crippen molar-refractivity contribution in [2.24, 2.45) is 4.99 Å². The molecule has 2 N–H and O–H groups in total. The molecule has 130 valence electrons. The molecule has 2 rings (SSSR count). The lowest BCUT2D eigenvalue weighted by Crippen LogP contribution is -2.40. The third-order valence-electron chi connectivity index (χ3n) is 3.36. The van der Waals surface area contributed by atoms with Crippen LogP contribution in [0.5, 0.6) is 5.88 Å². The number of aliphatic imine (C=N–C) groups is 1. The summed E-state index contributed by atoms with van der Waals surface area (Å²) in [5, 5.41) is 6.56. The maximum Gasteiger partial charge on any atom is 0.213 e. The number of aromatic nitrogens is 1. The number of hydrogen-bond donors (Lipinski definition) is 2. The number of pyridine rings is 1. The molecule has 0 amide bonds. The predicted molar refractivity (Wildman–Crippen MR) is 103 cm³/mol. The first-order chi connectivity index (χ1) is 10.7. The highest BCUT2D eigenvalue weighted by Crippen LogP contribution is 2.11. The summed E-state index contributed by atoms with van der Waals surface area (Å²) >= 11 is 0. The van der Waals surface area contributed by atoms with Crippen LogP contribution in [0.3, 0.4) is 0 Å². The average molecular weight is 434 g/mol. The van der Waals surface area contributed by atoms with Gasteiger partial charge in [-0.15, -0.1) is 24.0 Å². The summed E-state index contributed by atoms with van der Waals surface area (Å²) in [6, 6.07) is 3.89. The Bertz CT molecular complexity index is 473. The Morgan fingerprint density at radius 2 is 2.26 bits per heavy atom. The Kier molecular flexibility index (Phi) is 9.23. The fourth-order valence-electron chi connectivity index (χ4n) is 2.25. The Balaban J connectivity index is 0.00000264. The molecule has 0 bridgehead atoms. The Labute approximate surface area is 155 Å². The second-order valence-corrected chi connectivity index (χ2v) is 5.61. The molecule has 1 aromatic rings. The standard InChI is InChI=1S/C16H26N4O2.HI/c1-12(2)22-15-7-6-13(9-18-15)10-19-16(17-3)20-11-14-5-4-8-21-14;/h6-7,9,12,14H,4-5,8,10-11H2,1-3H3,(H2,17,19,20);1H. The van der Waals surface area contributed by atoms with Crippen molar-refractivity contribution in [1.82, 2.24) is 15.6 Å². The van der Waals surface area contributed by atoms with Gasteiger partial charge in [0.15, 0.2) is 5.96 Å². The maximum atomic E-state index is 5.59. The fraction of sp³-hybridized carbons (Fsp3) is 0.625. The molecule has 1 fully saturated rings. The lowest BCUT2D eigenvalue weighted by atomic mass is 10.2. The monoisotopic (exact) mass is 434 g/mol. The molecule has 1 atom stereocenters. The zero-order valence-corrected chi connectivity index (χ0v) is 16.4. The van der Waals surface area contributed by atoms with Crippen molar-refractivity contribution >= 4 is 29.9 Å². The highest BCUT2D eigenvalue weighted by molar-refractivity contribution is 14.0. The highest BCUT2D eigenvalue weighted by Gasteiger charge is 2.15. The molecule has 0 radical (unpaired) electrons. The first-order valence-electron chi connectivity index (χ1n) is 7.85. The van der Waals surface area contributed by atoms with Crippen molar-refractivity contribution < 1.29 is 9.47 Å². The van der Waals surface area contributed by atoms with Crippen LogP contribution in [0.25, 0.3) is 0 Å². The quantitative estimate of drug-likeness (QED) is 0.409. The van der Waals surface area contributed by atoms with Gasteiger partial charge >= 0.3 is 0 Å². The molecule has 23 heavy (non-hydrogen) atoms. The number of hydrogen-bond acceptors (Lipinski definition) is 4. The van der Waals surface area contributed by atoms with Crippen molar-refractivity contribution in [2.75, 3.05) is 20.2 Å². The molecule has 1 saturated heterocycles. The summed E-state index contributed by atoms with van der Waals surface area (Å²) in [4.78, 5) is 8.50. The smallest absolute Gasteiger partial charge is 0.213 e. The molecule has 0 aliphatic carbocycles. The van der Waals surface area contributed by atoms with E-state index in [4.69, 9.17) is 9.47 Å². The van der Waals surface area contributed by atoms with Gasteiger partial charge in [0, 0.05) is 39.0 Å². The van der Waals surface area contributed by atoms with E-state index in [0.29, 0.717) is 18.5 Å². The van der Waals surface area contributed by atoms with Crippen LogP contribution in [0.4, 0.5) is 0 Å². The van der Waals surface area contributed by atoms with Gasteiger partial charge in [0.2, 0.25) is 5.88 Å². The third-order valence-corrected chi connectivity index (χ3v) is 3.36. The van der Waals surface area contributed by atoms with Crippen molar-refractivity contribution in [3.63, 3.8) is 0 Å². The van der Waals surface area contributed by atoms with Crippen molar-refractivity contribution in [1.29, 1.82) is 0 Å². The van der Waals surface area contributed by atoms with Gasteiger partial charge in [0.25, 0.3) is 0 Å². The topological polar surface area (TPSA) is 67.8 Å². The summed E-state index contributed by atoms with van der Waals surface area (Å²) in [6.45, 7) is 6.30. The molecule has 1 aliphatic rings. The molecule has 6 nitrogen and oxygen atoms in total. The molecule has 1 unspecified atom stereocenters. The predicted octanol–water partition coefficient (Wildman–Crippen LogP) is 2.33. The largest absolute Gasteiger partial charge is 0.475 e. The third kappa shape index (κ3) is 7.34. The average Bonchev–Trinajstić information content (AvgIpc) is 3.02. The summed E-state index contributed by atoms with van der Waals surface area (Å²) in [6.07, 6.45) is 4.52. The van der Waals surface area contributed by atoms with Crippen LogP contribution in [0.2, 0.25) is 0 Å². The van der Waals surface area contributed by atoms with Gasteiger partial charge in [-0.2, -0.15) is 0 Å². The van der Waals surface area contributed by atoms with E-state index in [2.05, 4.69) is 20.6 Å². The lowest BCUT2D eigenvalue weighted by Gasteiger charge is -2.15. The summed E-state index contributed by atoms with van der Waals surface area (Å²) in [5.41, 5.74) is 1.08. The zero-order valence-electron chi connectivity index (χ0n) is 14.0. The van der Waals surface area contributed by atoms with Crippen LogP contribution < -0.4 is 15.4 Å². The van der Waals surface area contributed by atoms with Crippen LogP contribution in [0, 0.1) is 0 Å². The van der Waals surface area contributed by atoms with Crippen LogP contribution in [0.1, 0.15) is 32.3 Å². The Morgan fingerprint density at radius 3 is 2.83 bits per heavy atom. The number of rotatable bonds is 6. The van der Waals surface area contributed by atoms with E-state index in [1.807, 2.05) is 32.2 Å². The maximum absolute atomic E-state index is 5.59. The number of guanidine groups is 1. The summed E-state index contributed by atoms with van der Waals surface area (Å²) in [5.74, 6) is 1.43. The van der Waals surface area contributed by atoms with Gasteiger partial charge in [0.1, 0.15) is 0 Å². The van der Waals surface area contributed by atoms with E-state index in [1.54, 1.807) is 7.05 Å². The van der Waals surface area contributed by atoms with E-state index < -0.39 is 0 Å². The second kappa shape index (κ2) is 10.6. The first kappa shape index (κ1) is 20.0. The van der Waals surface area contributed by atoms with E-state index >= 15 is 0 Å². The van der Waals surface area contributed by atoms with Crippen LogP contribution >= 0.6 is 24.0 Å². The molecule has 1 aliphatic heterocycles. The van der Waals surface area contributed by atoms with E-state index in [9.17, 15) is 0 Å². The number of nitrogens with zero attached hydrogens (tertiary/aromatic N) is 2. The molecule has 0 spiro atoms. The van der Waals surface area contributed by atoms with Gasteiger partial charge < -0.3 is 20.1 Å². The van der Waals surface area contributed by atoms with Crippen molar-refractivity contribution in [3.8, 4) is 5.88 Å². The second-order valence-electron chi connectivity index (χ2n) is 5.61. The number of nitrogens with one attached hydrogen (secondary N) is 2. The minimum atomic E-state index is 0. The van der Waals surface area contributed by atoms with Crippen LogP contribution in [0.15, 0.2) is 23.3 Å². The van der Waals surface area contributed by atoms with Crippen LogP contribution in [-0.2, 0) is 11.3 Å². The van der Waals surface area contributed by atoms with Crippen LogP contribution in [-0.4, -0.2) is 43.4 Å². The van der Waals surface area contributed by atoms with Gasteiger partial charge in [0.05, 0.1) is 12.2 Å². The SMILES string of the molecule is CN=C(NCc1ccc(OC(C)C)nc1)NCC1CCCO1.I. The number of ether oxygens (including phenoxy) is 2. The van der Waals surface area contributed by atoms with Gasteiger partial charge in [-0.3, -0.25) is 4.99 Å². The van der Waals surface area contributed by atoms with E-state index in [1.165, 1.54) is 0 Å². The normalized spacial score (nSPS) is 17.7. The molecular formula is C16H27IN4O2. The van der Waals surface area contributed by atoms with E-state index in [-0.39, 0.29) is 30.1 Å². The van der Waals surface area contributed by atoms with Gasteiger partial charge in [-0.1, -0.05) is 6.07 Å². The molecule has 0 aromatic carbocycles. The Hall–Kier alpha value is -1.09. The molecular weight excluding hydrogens is 407 g/mol. The van der Waals surface area contributed by atoms with Gasteiger partial charge in [-0.25, -0.2) is 4.98 Å². The first-order valence-corrected chi connectivity index (χ1v) is 7.85. The fourth-order valence-corrected chi connectivity index (χ4v) is 2.25. The van der Waals surface area contributed by atoms with Crippen molar-refractivity contribution in [2.45, 2.75) is 45.4 Å². The Morgan fingerprint density at radius 1 is 1.43 bits per heavy atom.